The molecule has 1 aliphatic rings. The first-order chi connectivity index (χ1) is 9.18. The van der Waals surface area contributed by atoms with Crippen LogP contribution in [-0.2, 0) is 11.3 Å². The lowest BCUT2D eigenvalue weighted by Crippen LogP contribution is -2.40. The number of ether oxygens (including phenoxy) is 3. The molecule has 0 aliphatic carbocycles. The fraction of sp³-hybridized carbons (Fsp3) is 0.571. The molecule has 1 unspecified atom stereocenters. The van der Waals surface area contributed by atoms with Gasteiger partial charge in [-0.15, -0.1) is 0 Å². The van der Waals surface area contributed by atoms with E-state index in [1.165, 1.54) is 0 Å². The Kier molecular flexibility index (Phi) is 4.63. The first-order valence-electron chi connectivity index (χ1n) is 6.39. The van der Waals surface area contributed by atoms with Crippen LogP contribution in [-0.4, -0.2) is 44.7 Å². The quantitative estimate of drug-likeness (QED) is 0.803. The number of hydrogen-bond acceptors (Lipinski definition) is 5. The highest BCUT2D eigenvalue weighted by Gasteiger charge is 2.31. The Bertz CT molecular complexity index is 416. The Labute approximate surface area is 113 Å². The molecule has 0 aromatic heterocycles. The summed E-state index contributed by atoms with van der Waals surface area (Å²) in [5.74, 6) is 1.44. The smallest absolute Gasteiger partial charge is 0.165 e. The first-order valence-corrected chi connectivity index (χ1v) is 6.39. The second-order valence-electron chi connectivity index (χ2n) is 4.78. The van der Waals surface area contributed by atoms with Crippen molar-refractivity contribution in [3.05, 3.63) is 23.8 Å². The first kappa shape index (κ1) is 14.1. The Morgan fingerprint density at radius 2 is 2.21 bits per heavy atom. The van der Waals surface area contributed by atoms with Gasteiger partial charge in [0, 0.05) is 31.7 Å². The Balaban J connectivity index is 1.95. The largest absolute Gasteiger partial charge is 0.493 e. The summed E-state index contributed by atoms with van der Waals surface area (Å²) in [4.78, 5) is 0. The van der Waals surface area contributed by atoms with Crippen LogP contribution in [0.2, 0.25) is 0 Å². The van der Waals surface area contributed by atoms with Crippen molar-refractivity contribution in [2.75, 3.05) is 34.0 Å². The van der Waals surface area contributed by atoms with Crippen LogP contribution in [0, 0.1) is 0 Å². The molecule has 0 spiro atoms. The summed E-state index contributed by atoms with van der Waals surface area (Å²) in [6.45, 7) is 2.14. The lowest BCUT2D eigenvalue weighted by Gasteiger charge is -2.21. The molecule has 2 N–H and O–H groups in total. The molecule has 1 saturated heterocycles. The highest BCUT2D eigenvalue weighted by molar-refractivity contribution is 5.46. The standard InChI is InChI=1S/C14H21NO4/c1-17-12-5-3-4-11(13(12)18-2)8-15-9-14(16)6-7-19-10-14/h3-5,15-16H,6-10H2,1-2H3. The van der Waals surface area contributed by atoms with Crippen LogP contribution in [0.15, 0.2) is 18.2 Å². The van der Waals surface area contributed by atoms with Gasteiger partial charge >= 0.3 is 0 Å². The molecule has 5 nitrogen and oxygen atoms in total. The average molecular weight is 267 g/mol. The van der Waals surface area contributed by atoms with Crippen LogP contribution in [0.4, 0.5) is 0 Å². The molecule has 1 aromatic rings. The summed E-state index contributed by atoms with van der Waals surface area (Å²) in [6.07, 6.45) is 0.676. The number of aliphatic hydroxyl groups is 1. The number of methoxy groups -OCH3 is 2. The molecule has 2 rings (SSSR count). The van der Waals surface area contributed by atoms with Crippen molar-refractivity contribution in [1.29, 1.82) is 0 Å². The van der Waals surface area contributed by atoms with Crippen molar-refractivity contribution in [3.8, 4) is 11.5 Å². The fourth-order valence-electron chi connectivity index (χ4n) is 2.26. The fourth-order valence-corrected chi connectivity index (χ4v) is 2.26. The van der Waals surface area contributed by atoms with Gasteiger partial charge in [0.2, 0.25) is 0 Å². The maximum Gasteiger partial charge on any atom is 0.165 e. The van der Waals surface area contributed by atoms with E-state index < -0.39 is 5.60 Å². The van der Waals surface area contributed by atoms with Gasteiger partial charge in [-0.25, -0.2) is 0 Å². The third kappa shape index (κ3) is 3.37. The van der Waals surface area contributed by atoms with E-state index in [4.69, 9.17) is 14.2 Å². The highest BCUT2D eigenvalue weighted by Crippen LogP contribution is 2.30. The molecule has 1 aromatic carbocycles. The van der Waals surface area contributed by atoms with Gasteiger partial charge in [-0.2, -0.15) is 0 Å². The predicted octanol–water partition coefficient (Wildman–Crippen LogP) is 0.945. The summed E-state index contributed by atoms with van der Waals surface area (Å²) in [5.41, 5.74) is 0.260. The predicted molar refractivity (Wildman–Crippen MR) is 71.6 cm³/mol. The summed E-state index contributed by atoms with van der Waals surface area (Å²) in [6, 6.07) is 5.76. The van der Waals surface area contributed by atoms with Crippen LogP contribution >= 0.6 is 0 Å². The van der Waals surface area contributed by atoms with Gasteiger partial charge in [-0.3, -0.25) is 0 Å². The highest BCUT2D eigenvalue weighted by atomic mass is 16.5. The van der Waals surface area contributed by atoms with E-state index in [0.29, 0.717) is 38.5 Å². The van der Waals surface area contributed by atoms with Gasteiger partial charge < -0.3 is 24.6 Å². The van der Waals surface area contributed by atoms with Crippen LogP contribution in [0.5, 0.6) is 11.5 Å². The van der Waals surface area contributed by atoms with Crippen LogP contribution in [0.1, 0.15) is 12.0 Å². The van der Waals surface area contributed by atoms with Gasteiger partial charge in [0.05, 0.1) is 20.8 Å². The third-order valence-corrected chi connectivity index (χ3v) is 3.34. The zero-order valence-electron chi connectivity index (χ0n) is 11.4. The van der Waals surface area contributed by atoms with Crippen molar-refractivity contribution in [1.82, 2.24) is 5.32 Å². The van der Waals surface area contributed by atoms with E-state index >= 15 is 0 Å². The summed E-state index contributed by atoms with van der Waals surface area (Å²) >= 11 is 0. The molecular formula is C14H21NO4. The second-order valence-corrected chi connectivity index (χ2v) is 4.78. The molecule has 0 bridgehead atoms. The molecule has 1 aliphatic heterocycles. The zero-order chi connectivity index (χ0) is 13.7. The van der Waals surface area contributed by atoms with Crippen LogP contribution in [0.3, 0.4) is 0 Å². The van der Waals surface area contributed by atoms with Gasteiger partial charge in [0.25, 0.3) is 0 Å². The summed E-state index contributed by atoms with van der Waals surface area (Å²) in [7, 11) is 3.24. The van der Waals surface area contributed by atoms with Crippen LogP contribution < -0.4 is 14.8 Å². The lowest BCUT2D eigenvalue weighted by molar-refractivity contribution is 0.0268. The summed E-state index contributed by atoms with van der Waals surface area (Å²) in [5, 5.41) is 13.4. The summed E-state index contributed by atoms with van der Waals surface area (Å²) < 4.78 is 15.8. The van der Waals surface area contributed by atoms with Crippen molar-refractivity contribution in [3.63, 3.8) is 0 Å². The Morgan fingerprint density at radius 3 is 2.84 bits per heavy atom. The number of rotatable bonds is 6. The van der Waals surface area contributed by atoms with Crippen molar-refractivity contribution >= 4 is 0 Å². The molecule has 19 heavy (non-hydrogen) atoms. The molecule has 0 amide bonds. The molecule has 0 saturated carbocycles. The van der Waals surface area contributed by atoms with Crippen molar-refractivity contribution in [2.24, 2.45) is 0 Å². The molecule has 0 radical (unpaired) electrons. The maximum absolute atomic E-state index is 10.2. The number of benzene rings is 1. The molecule has 106 valence electrons. The van der Waals surface area contributed by atoms with Gasteiger partial charge in [-0.1, -0.05) is 12.1 Å². The minimum absolute atomic E-state index is 0.398. The zero-order valence-corrected chi connectivity index (χ0v) is 11.4. The number of para-hydroxylation sites is 1. The van der Waals surface area contributed by atoms with E-state index in [1.54, 1.807) is 14.2 Å². The molecular weight excluding hydrogens is 246 g/mol. The monoisotopic (exact) mass is 267 g/mol. The van der Waals surface area contributed by atoms with Crippen molar-refractivity contribution < 1.29 is 19.3 Å². The Hall–Kier alpha value is -1.30. The van der Waals surface area contributed by atoms with Gasteiger partial charge in [0.15, 0.2) is 11.5 Å². The molecule has 5 heteroatoms. The minimum atomic E-state index is -0.744. The van der Waals surface area contributed by atoms with Crippen molar-refractivity contribution in [2.45, 2.75) is 18.6 Å². The van der Waals surface area contributed by atoms with E-state index in [-0.39, 0.29) is 0 Å². The van der Waals surface area contributed by atoms with Gasteiger partial charge in [0.1, 0.15) is 5.60 Å². The SMILES string of the molecule is COc1cccc(CNCC2(O)CCOC2)c1OC. The number of hydrogen-bond donors (Lipinski definition) is 2. The normalized spacial score (nSPS) is 22.5. The van der Waals surface area contributed by atoms with E-state index in [1.807, 2.05) is 18.2 Å². The molecule has 1 atom stereocenters. The third-order valence-electron chi connectivity index (χ3n) is 3.34. The lowest BCUT2D eigenvalue weighted by atomic mass is 10.0. The minimum Gasteiger partial charge on any atom is -0.493 e. The topological polar surface area (TPSA) is 60.0 Å². The Morgan fingerprint density at radius 1 is 1.37 bits per heavy atom. The second kappa shape index (κ2) is 6.23. The van der Waals surface area contributed by atoms with Gasteiger partial charge in [-0.05, 0) is 6.07 Å². The maximum atomic E-state index is 10.2. The molecule has 1 fully saturated rings. The van der Waals surface area contributed by atoms with E-state index in [2.05, 4.69) is 5.32 Å². The average Bonchev–Trinajstić information content (AvgIpc) is 2.85. The molecule has 1 heterocycles. The number of nitrogens with one attached hydrogen (secondary N) is 1. The van der Waals surface area contributed by atoms with Crippen LogP contribution in [0.25, 0.3) is 0 Å². The van der Waals surface area contributed by atoms with E-state index in [0.717, 1.165) is 11.3 Å². The van der Waals surface area contributed by atoms with E-state index in [9.17, 15) is 5.11 Å².